The van der Waals surface area contributed by atoms with E-state index >= 15 is 8.78 Å². The molecule has 2 N–H and O–H groups in total. The van der Waals surface area contributed by atoms with E-state index in [4.69, 9.17) is 0 Å². The Morgan fingerprint density at radius 3 is 2.61 bits per heavy atom. The van der Waals surface area contributed by atoms with E-state index in [-0.39, 0.29) is 23.6 Å². The third-order valence-corrected chi connectivity index (χ3v) is 8.28. The van der Waals surface area contributed by atoms with Crippen molar-refractivity contribution in [2.24, 2.45) is 5.92 Å². The van der Waals surface area contributed by atoms with Gasteiger partial charge in [0.15, 0.2) is 0 Å². The molecule has 1 saturated heterocycles. The Labute approximate surface area is 224 Å². The number of amides is 2. The van der Waals surface area contributed by atoms with Crippen LogP contribution in [0.15, 0.2) is 60.7 Å². The van der Waals surface area contributed by atoms with Gasteiger partial charge in [0.1, 0.15) is 9.88 Å². The molecular formula is C29H30F2N4O2S. The normalized spacial score (nSPS) is 18.6. The van der Waals surface area contributed by atoms with Crippen LogP contribution in [0.5, 0.6) is 0 Å². The van der Waals surface area contributed by atoms with Crippen molar-refractivity contribution < 1.29 is 18.4 Å². The first-order valence-corrected chi connectivity index (χ1v) is 13.7. The number of carbonyl (C=O) groups excluding carboxylic acids is 2. The Morgan fingerprint density at radius 1 is 1.13 bits per heavy atom. The molecule has 2 amide bonds. The van der Waals surface area contributed by atoms with E-state index in [1.54, 1.807) is 31.2 Å². The molecule has 0 atom stereocenters. The van der Waals surface area contributed by atoms with E-state index in [0.717, 1.165) is 37.6 Å². The average molecular weight is 537 g/mol. The van der Waals surface area contributed by atoms with E-state index in [1.165, 1.54) is 16.2 Å². The van der Waals surface area contributed by atoms with Crippen LogP contribution in [0.2, 0.25) is 0 Å². The smallest absolute Gasteiger partial charge is 0.275 e. The van der Waals surface area contributed by atoms with Crippen LogP contribution in [-0.2, 0) is 4.79 Å². The molecule has 1 fully saturated rings. The summed E-state index contributed by atoms with van der Waals surface area (Å²) in [4.78, 5) is 32.9. The average Bonchev–Trinajstić information content (AvgIpc) is 3.28. The van der Waals surface area contributed by atoms with Gasteiger partial charge in [-0.15, -0.1) is 11.3 Å². The van der Waals surface area contributed by atoms with Gasteiger partial charge < -0.3 is 15.5 Å². The second-order valence-corrected chi connectivity index (χ2v) is 10.7. The summed E-state index contributed by atoms with van der Waals surface area (Å²) in [5.41, 5.74) is 1.63. The van der Waals surface area contributed by atoms with Gasteiger partial charge in [-0.2, -0.15) is 0 Å². The SMILES string of the molecule is Cc1nc(-c2ccccc2)sc1C(=O)N1CCC(F)(F)C(=CC(=O)NCC2CCNCC2)c2ccccc21. The Bertz CT molecular complexity index is 1350. The number of hydrogen-bond acceptors (Lipinski definition) is 5. The Hall–Kier alpha value is -3.43. The standard InChI is InChI=1S/C29H30F2N4O2S/c1-19-26(38-27(34-19)21-7-3-2-4-8-21)28(37)35-16-13-29(30,31)23(22-9-5-6-10-24(22)35)17-25(36)33-18-20-11-14-32-15-12-20/h2-10,17,20,32H,11-16,18H2,1H3,(H,33,36). The fourth-order valence-corrected chi connectivity index (χ4v) is 5.99. The van der Waals surface area contributed by atoms with E-state index < -0.39 is 18.3 Å². The summed E-state index contributed by atoms with van der Waals surface area (Å²) in [7, 11) is 0. The Balaban J connectivity index is 1.44. The van der Waals surface area contributed by atoms with Crippen molar-refractivity contribution in [1.29, 1.82) is 0 Å². The maximum Gasteiger partial charge on any atom is 0.275 e. The van der Waals surface area contributed by atoms with Gasteiger partial charge in [0.2, 0.25) is 5.91 Å². The van der Waals surface area contributed by atoms with Crippen molar-refractivity contribution in [1.82, 2.24) is 15.6 Å². The molecular weight excluding hydrogens is 506 g/mol. The maximum atomic E-state index is 15.5. The fraction of sp³-hybridized carbons (Fsp3) is 0.345. The highest BCUT2D eigenvalue weighted by Crippen LogP contribution is 2.43. The van der Waals surface area contributed by atoms with Gasteiger partial charge in [0.25, 0.3) is 11.8 Å². The summed E-state index contributed by atoms with van der Waals surface area (Å²) in [6, 6.07) is 16.1. The fourth-order valence-electron chi connectivity index (χ4n) is 4.97. The number of fused-ring (bicyclic) bond motifs is 1. The van der Waals surface area contributed by atoms with Gasteiger partial charge >= 0.3 is 0 Å². The molecule has 0 radical (unpaired) electrons. The number of anilines is 1. The number of rotatable bonds is 5. The molecule has 0 saturated carbocycles. The molecule has 0 aliphatic carbocycles. The van der Waals surface area contributed by atoms with E-state index in [1.807, 2.05) is 30.3 Å². The molecule has 1 aromatic heterocycles. The van der Waals surface area contributed by atoms with Crippen molar-refractivity contribution in [2.75, 3.05) is 31.1 Å². The minimum atomic E-state index is -3.28. The summed E-state index contributed by atoms with van der Waals surface area (Å²) in [6.07, 6.45) is 2.30. The van der Waals surface area contributed by atoms with Crippen LogP contribution in [0.25, 0.3) is 16.1 Å². The monoisotopic (exact) mass is 536 g/mol. The molecule has 5 rings (SSSR count). The number of halogens is 2. The van der Waals surface area contributed by atoms with Crippen LogP contribution >= 0.6 is 11.3 Å². The second kappa shape index (κ2) is 11.1. The molecule has 0 spiro atoms. The van der Waals surface area contributed by atoms with Crippen LogP contribution < -0.4 is 15.5 Å². The van der Waals surface area contributed by atoms with Gasteiger partial charge in [-0.05, 0) is 44.8 Å². The van der Waals surface area contributed by atoms with Crippen molar-refractivity contribution in [3.8, 4) is 10.6 Å². The number of para-hydroxylation sites is 1. The number of carbonyl (C=O) groups is 2. The molecule has 6 nitrogen and oxygen atoms in total. The number of nitrogens with one attached hydrogen (secondary N) is 2. The van der Waals surface area contributed by atoms with Crippen molar-refractivity contribution in [2.45, 2.75) is 32.1 Å². The van der Waals surface area contributed by atoms with Crippen LogP contribution in [0.1, 0.15) is 40.2 Å². The van der Waals surface area contributed by atoms with E-state index in [0.29, 0.717) is 33.7 Å². The van der Waals surface area contributed by atoms with E-state index in [9.17, 15) is 9.59 Å². The molecule has 0 unspecified atom stereocenters. The summed E-state index contributed by atoms with van der Waals surface area (Å²) in [5.74, 6) is -3.87. The molecule has 9 heteroatoms. The van der Waals surface area contributed by atoms with Crippen LogP contribution in [0.3, 0.4) is 0 Å². The number of hydrogen-bond donors (Lipinski definition) is 2. The predicted octanol–water partition coefficient (Wildman–Crippen LogP) is 5.30. The van der Waals surface area contributed by atoms with Gasteiger partial charge in [-0.25, -0.2) is 13.8 Å². The van der Waals surface area contributed by atoms with Crippen molar-refractivity contribution >= 4 is 34.4 Å². The van der Waals surface area contributed by atoms with Gasteiger partial charge in [0, 0.05) is 42.3 Å². The molecule has 2 aliphatic rings. The minimum absolute atomic E-state index is 0.186. The number of aromatic nitrogens is 1. The summed E-state index contributed by atoms with van der Waals surface area (Å²) in [5, 5.41) is 6.79. The second-order valence-electron chi connectivity index (χ2n) is 9.72. The Morgan fingerprint density at radius 2 is 1.84 bits per heavy atom. The molecule has 198 valence electrons. The zero-order chi connectivity index (χ0) is 26.7. The topological polar surface area (TPSA) is 74.3 Å². The molecule has 3 heterocycles. The van der Waals surface area contributed by atoms with Crippen LogP contribution in [0.4, 0.5) is 14.5 Å². The molecule has 2 aliphatic heterocycles. The molecule has 3 aromatic rings. The number of nitrogens with zero attached hydrogens (tertiary/aromatic N) is 2. The first-order chi connectivity index (χ1) is 18.3. The zero-order valence-electron chi connectivity index (χ0n) is 21.2. The number of thiazole rings is 1. The third-order valence-electron chi connectivity index (χ3n) is 7.08. The quantitative estimate of drug-likeness (QED) is 0.434. The molecule has 38 heavy (non-hydrogen) atoms. The zero-order valence-corrected chi connectivity index (χ0v) is 22.0. The summed E-state index contributed by atoms with van der Waals surface area (Å²) >= 11 is 1.25. The van der Waals surface area contributed by atoms with Gasteiger partial charge in [-0.3, -0.25) is 9.59 Å². The highest BCUT2D eigenvalue weighted by atomic mass is 32.1. The lowest BCUT2D eigenvalue weighted by Gasteiger charge is -2.23. The minimum Gasteiger partial charge on any atom is -0.352 e. The van der Waals surface area contributed by atoms with Crippen LogP contribution in [-0.4, -0.2) is 48.9 Å². The lowest BCUT2D eigenvalue weighted by Crippen LogP contribution is -2.35. The molecule has 0 bridgehead atoms. The first kappa shape index (κ1) is 26.2. The van der Waals surface area contributed by atoms with Gasteiger partial charge in [-0.1, -0.05) is 48.5 Å². The number of aryl methyl sites for hydroxylation is 1. The lowest BCUT2D eigenvalue weighted by atomic mass is 9.96. The number of benzene rings is 2. The number of allylic oxidation sites excluding steroid dienone is 1. The summed E-state index contributed by atoms with van der Waals surface area (Å²) in [6.45, 7) is 3.81. The molecule has 2 aromatic carbocycles. The van der Waals surface area contributed by atoms with Crippen LogP contribution in [0, 0.1) is 12.8 Å². The third kappa shape index (κ3) is 5.54. The maximum absolute atomic E-state index is 15.5. The number of alkyl halides is 2. The van der Waals surface area contributed by atoms with Gasteiger partial charge in [0.05, 0.1) is 11.4 Å². The van der Waals surface area contributed by atoms with Crippen molar-refractivity contribution in [3.05, 3.63) is 76.8 Å². The predicted molar refractivity (Wildman–Crippen MR) is 147 cm³/mol. The summed E-state index contributed by atoms with van der Waals surface area (Å²) < 4.78 is 31.0. The highest BCUT2D eigenvalue weighted by Gasteiger charge is 2.41. The Kier molecular flexibility index (Phi) is 7.67. The largest absolute Gasteiger partial charge is 0.352 e. The number of piperidine rings is 1. The lowest BCUT2D eigenvalue weighted by molar-refractivity contribution is -0.116. The first-order valence-electron chi connectivity index (χ1n) is 12.9. The van der Waals surface area contributed by atoms with E-state index in [2.05, 4.69) is 15.6 Å². The highest BCUT2D eigenvalue weighted by molar-refractivity contribution is 7.17. The van der Waals surface area contributed by atoms with Crippen molar-refractivity contribution in [3.63, 3.8) is 0 Å².